The molecular weight excluding hydrogens is 286 g/mol. The summed E-state index contributed by atoms with van der Waals surface area (Å²) in [4.78, 5) is 23.4. The van der Waals surface area contributed by atoms with E-state index in [1.807, 2.05) is 25.1 Å². The molecule has 90 valence electrons. The molecule has 0 heterocycles. The van der Waals surface area contributed by atoms with E-state index in [9.17, 15) is 9.59 Å². The fourth-order valence-corrected chi connectivity index (χ4v) is 1.67. The van der Waals surface area contributed by atoms with Gasteiger partial charge in [-0.2, -0.15) is 0 Å². The first-order chi connectivity index (χ1) is 7.91. The van der Waals surface area contributed by atoms with Crippen molar-refractivity contribution in [3.05, 3.63) is 40.4 Å². The zero-order chi connectivity index (χ0) is 13.0. The highest BCUT2D eigenvalue weighted by molar-refractivity contribution is 9.10. The number of carbonyl (C=O) groups is 2. The molecule has 1 aromatic rings. The van der Waals surface area contributed by atoms with E-state index >= 15 is 0 Å². The van der Waals surface area contributed by atoms with Gasteiger partial charge in [-0.1, -0.05) is 22.0 Å². The predicted octanol–water partition coefficient (Wildman–Crippen LogP) is 2.36. The molecule has 0 spiro atoms. The number of likely N-dealkylation sites (N-methyl/N-ethyl adjacent to an activating group) is 1. The van der Waals surface area contributed by atoms with Gasteiger partial charge in [-0.05, 0) is 24.6 Å². The molecule has 0 saturated carbocycles. The number of carboxylic acids is 1. The Bertz CT molecular complexity index is 483. The van der Waals surface area contributed by atoms with Crippen molar-refractivity contribution in [1.29, 1.82) is 0 Å². The summed E-state index contributed by atoms with van der Waals surface area (Å²) in [6.07, 6.45) is 1.86. The van der Waals surface area contributed by atoms with Gasteiger partial charge < -0.3 is 10.0 Å². The molecule has 0 fully saturated rings. The summed E-state index contributed by atoms with van der Waals surface area (Å²) >= 11 is 3.33. The molecule has 1 N–H and O–H groups in total. The van der Waals surface area contributed by atoms with Crippen LogP contribution in [0, 0.1) is 6.92 Å². The molecule has 0 aliphatic carbocycles. The number of amides is 1. The van der Waals surface area contributed by atoms with Crippen molar-refractivity contribution in [3.63, 3.8) is 0 Å². The lowest BCUT2D eigenvalue weighted by molar-refractivity contribution is -0.131. The van der Waals surface area contributed by atoms with Crippen LogP contribution < -0.4 is 4.90 Å². The molecule has 1 aromatic carbocycles. The standard InChI is InChI=1S/C12H12BrNO3/c1-8-3-4-9(13)7-10(8)14(2)11(15)5-6-12(16)17/h3-7H,1-2H3,(H,16,17)/b6-5+. The predicted molar refractivity (Wildman–Crippen MR) is 69.1 cm³/mol. The molecule has 0 unspecified atom stereocenters. The highest BCUT2D eigenvalue weighted by atomic mass is 79.9. The minimum Gasteiger partial charge on any atom is -0.478 e. The fourth-order valence-electron chi connectivity index (χ4n) is 1.32. The Morgan fingerprint density at radius 2 is 2.00 bits per heavy atom. The minimum absolute atomic E-state index is 0.381. The number of rotatable bonds is 3. The Morgan fingerprint density at radius 3 is 2.59 bits per heavy atom. The molecule has 4 nitrogen and oxygen atoms in total. The van der Waals surface area contributed by atoms with Crippen LogP contribution in [0.5, 0.6) is 0 Å². The number of carboxylic acid groups (broad SMARTS) is 1. The van der Waals surface area contributed by atoms with Crippen LogP contribution >= 0.6 is 15.9 Å². The molecule has 17 heavy (non-hydrogen) atoms. The lowest BCUT2D eigenvalue weighted by Gasteiger charge is -2.18. The summed E-state index contributed by atoms with van der Waals surface area (Å²) in [6, 6.07) is 5.57. The van der Waals surface area contributed by atoms with Gasteiger partial charge in [0.15, 0.2) is 0 Å². The first kappa shape index (κ1) is 13.4. The molecule has 0 atom stereocenters. The Kier molecular flexibility index (Phi) is 4.45. The Labute approximate surface area is 108 Å². The van der Waals surface area contributed by atoms with Gasteiger partial charge in [-0.15, -0.1) is 0 Å². The number of hydrogen-bond donors (Lipinski definition) is 1. The van der Waals surface area contributed by atoms with E-state index in [2.05, 4.69) is 15.9 Å². The number of benzene rings is 1. The van der Waals surface area contributed by atoms with E-state index in [-0.39, 0.29) is 5.91 Å². The summed E-state index contributed by atoms with van der Waals surface area (Å²) in [6.45, 7) is 1.88. The lowest BCUT2D eigenvalue weighted by atomic mass is 10.2. The first-order valence-corrected chi connectivity index (χ1v) is 5.66. The number of carbonyl (C=O) groups excluding carboxylic acids is 1. The molecule has 5 heteroatoms. The van der Waals surface area contributed by atoms with Gasteiger partial charge in [0.1, 0.15) is 0 Å². The maximum absolute atomic E-state index is 11.7. The van der Waals surface area contributed by atoms with E-state index < -0.39 is 5.97 Å². The second kappa shape index (κ2) is 5.63. The summed E-state index contributed by atoms with van der Waals surface area (Å²) in [5, 5.41) is 8.45. The normalized spacial score (nSPS) is 10.5. The van der Waals surface area contributed by atoms with Gasteiger partial charge in [0.2, 0.25) is 0 Å². The minimum atomic E-state index is -1.14. The zero-order valence-electron chi connectivity index (χ0n) is 9.48. The largest absolute Gasteiger partial charge is 0.478 e. The quantitative estimate of drug-likeness (QED) is 0.872. The van der Waals surface area contributed by atoms with Crippen LogP contribution in [0.3, 0.4) is 0 Å². The van der Waals surface area contributed by atoms with E-state index in [0.29, 0.717) is 0 Å². The van der Waals surface area contributed by atoms with E-state index in [4.69, 9.17) is 5.11 Å². The molecule has 1 rings (SSSR count). The monoisotopic (exact) mass is 297 g/mol. The van der Waals surface area contributed by atoms with Gasteiger partial charge in [-0.25, -0.2) is 4.79 Å². The second-order valence-electron chi connectivity index (χ2n) is 3.50. The van der Waals surface area contributed by atoms with Crippen molar-refractivity contribution in [2.75, 3.05) is 11.9 Å². The molecule has 1 amide bonds. The van der Waals surface area contributed by atoms with Crippen molar-refractivity contribution < 1.29 is 14.7 Å². The number of anilines is 1. The van der Waals surface area contributed by atoms with Crippen molar-refractivity contribution in [2.24, 2.45) is 0 Å². The number of hydrogen-bond acceptors (Lipinski definition) is 2. The number of halogens is 1. The molecule has 0 aromatic heterocycles. The number of aryl methyl sites for hydroxylation is 1. The van der Waals surface area contributed by atoms with Crippen molar-refractivity contribution in [3.8, 4) is 0 Å². The number of aliphatic carboxylic acids is 1. The summed E-state index contributed by atoms with van der Waals surface area (Å²) < 4.78 is 0.861. The first-order valence-electron chi connectivity index (χ1n) is 4.86. The Balaban J connectivity index is 2.96. The maximum atomic E-state index is 11.7. The summed E-state index contributed by atoms with van der Waals surface area (Å²) in [7, 11) is 1.60. The summed E-state index contributed by atoms with van der Waals surface area (Å²) in [5.41, 5.74) is 1.67. The average molecular weight is 298 g/mol. The van der Waals surface area contributed by atoms with E-state index in [1.54, 1.807) is 7.05 Å². The lowest BCUT2D eigenvalue weighted by Crippen LogP contribution is -2.25. The number of nitrogens with zero attached hydrogens (tertiary/aromatic N) is 1. The highest BCUT2D eigenvalue weighted by Crippen LogP contribution is 2.23. The van der Waals surface area contributed by atoms with Crippen LogP contribution in [0.4, 0.5) is 5.69 Å². The fraction of sp³-hybridized carbons (Fsp3) is 0.167. The third-order valence-electron chi connectivity index (χ3n) is 2.23. The van der Waals surface area contributed by atoms with Crippen LogP contribution in [0.1, 0.15) is 5.56 Å². The smallest absolute Gasteiger partial charge is 0.328 e. The van der Waals surface area contributed by atoms with Crippen molar-refractivity contribution >= 4 is 33.5 Å². The van der Waals surface area contributed by atoms with E-state index in [0.717, 1.165) is 27.9 Å². The average Bonchev–Trinajstić information content (AvgIpc) is 2.28. The van der Waals surface area contributed by atoms with Crippen molar-refractivity contribution in [2.45, 2.75) is 6.92 Å². The maximum Gasteiger partial charge on any atom is 0.328 e. The summed E-state index contributed by atoms with van der Waals surface area (Å²) in [5.74, 6) is -1.52. The molecular formula is C12H12BrNO3. The molecule has 0 bridgehead atoms. The van der Waals surface area contributed by atoms with Gasteiger partial charge >= 0.3 is 5.97 Å². The molecule has 0 radical (unpaired) electrons. The molecule has 0 aliphatic heterocycles. The zero-order valence-corrected chi connectivity index (χ0v) is 11.1. The SMILES string of the molecule is Cc1ccc(Br)cc1N(C)C(=O)/C=C/C(=O)O. The molecule has 0 saturated heterocycles. The van der Waals surface area contributed by atoms with Crippen LogP contribution in [0.25, 0.3) is 0 Å². The second-order valence-corrected chi connectivity index (χ2v) is 4.42. The Morgan fingerprint density at radius 1 is 1.35 bits per heavy atom. The third-order valence-corrected chi connectivity index (χ3v) is 2.72. The topological polar surface area (TPSA) is 57.6 Å². The van der Waals surface area contributed by atoms with Gasteiger partial charge in [0.05, 0.1) is 0 Å². The van der Waals surface area contributed by atoms with Crippen molar-refractivity contribution in [1.82, 2.24) is 0 Å². The van der Waals surface area contributed by atoms with Gasteiger partial charge in [0, 0.05) is 29.4 Å². The van der Waals surface area contributed by atoms with E-state index in [1.165, 1.54) is 4.90 Å². The van der Waals surface area contributed by atoms with Crippen LogP contribution in [-0.4, -0.2) is 24.0 Å². The molecule has 0 aliphatic rings. The van der Waals surface area contributed by atoms with Crippen LogP contribution in [0.15, 0.2) is 34.8 Å². The van der Waals surface area contributed by atoms with Gasteiger partial charge in [0.25, 0.3) is 5.91 Å². The highest BCUT2D eigenvalue weighted by Gasteiger charge is 2.10. The van der Waals surface area contributed by atoms with Gasteiger partial charge in [-0.3, -0.25) is 4.79 Å². The van der Waals surface area contributed by atoms with Crippen LogP contribution in [0.2, 0.25) is 0 Å². The third kappa shape index (κ3) is 3.71. The Hall–Kier alpha value is -1.62. The van der Waals surface area contributed by atoms with Crippen LogP contribution in [-0.2, 0) is 9.59 Å².